The Hall–Kier alpha value is -1.96. The van der Waals surface area contributed by atoms with Gasteiger partial charge in [0, 0.05) is 14.1 Å². The van der Waals surface area contributed by atoms with E-state index in [2.05, 4.69) is 21.0 Å². The molecule has 0 spiro atoms. The number of aryl methyl sites for hydroxylation is 2. The molecule has 0 aromatic carbocycles. The van der Waals surface area contributed by atoms with E-state index in [1.165, 1.54) is 0 Å². The fourth-order valence-corrected chi connectivity index (χ4v) is 1.82. The Kier molecular flexibility index (Phi) is 3.33. The van der Waals surface area contributed by atoms with Crippen molar-refractivity contribution < 1.29 is 0 Å². The molecular formula is C12H15N5. The van der Waals surface area contributed by atoms with Crippen LogP contribution in [-0.2, 0) is 12.8 Å². The van der Waals surface area contributed by atoms with Crippen LogP contribution in [0.5, 0.6) is 0 Å². The quantitative estimate of drug-likeness (QED) is 0.568. The van der Waals surface area contributed by atoms with E-state index in [0.717, 1.165) is 37.1 Å². The van der Waals surface area contributed by atoms with Crippen LogP contribution in [-0.4, -0.2) is 35.3 Å². The van der Waals surface area contributed by atoms with Gasteiger partial charge in [0.25, 0.3) is 0 Å². The minimum absolute atomic E-state index is 0.323. The summed E-state index contributed by atoms with van der Waals surface area (Å²) in [5.74, 6) is 0.432. The van der Waals surface area contributed by atoms with Gasteiger partial charge in [-0.1, -0.05) is 0 Å². The first-order valence-corrected chi connectivity index (χ1v) is 5.71. The summed E-state index contributed by atoms with van der Waals surface area (Å²) in [7, 11) is 3.75. The molecule has 0 atom stereocenters. The van der Waals surface area contributed by atoms with Crippen molar-refractivity contribution in [3.8, 4) is 6.07 Å². The van der Waals surface area contributed by atoms with Gasteiger partial charge < -0.3 is 4.90 Å². The minimum Gasteiger partial charge on any atom is -0.369 e. The zero-order valence-electron chi connectivity index (χ0n) is 10.1. The van der Waals surface area contributed by atoms with Crippen molar-refractivity contribution in [1.29, 1.82) is 5.26 Å². The Morgan fingerprint density at radius 3 is 2.47 bits per heavy atom. The number of hydrogen-bond acceptors (Lipinski definition) is 4. The number of hydrogen-bond donors (Lipinski definition) is 0. The SMILES string of the molecule is CN(C)C=Nc1nc2c(nc1C#N)CCCC2. The predicted octanol–water partition coefficient (Wildman–Crippen LogP) is 1.45. The van der Waals surface area contributed by atoms with E-state index < -0.39 is 0 Å². The van der Waals surface area contributed by atoms with Crippen molar-refractivity contribution in [2.24, 2.45) is 4.99 Å². The lowest BCUT2D eigenvalue weighted by Crippen LogP contribution is -2.10. The molecule has 0 saturated carbocycles. The van der Waals surface area contributed by atoms with Gasteiger partial charge in [-0.15, -0.1) is 0 Å². The van der Waals surface area contributed by atoms with Gasteiger partial charge in [0.1, 0.15) is 6.07 Å². The van der Waals surface area contributed by atoms with Gasteiger partial charge in [0.05, 0.1) is 17.7 Å². The predicted molar refractivity (Wildman–Crippen MR) is 65.2 cm³/mol. The molecule has 0 saturated heterocycles. The Balaban J connectivity index is 2.41. The Bertz CT molecular complexity index is 484. The van der Waals surface area contributed by atoms with E-state index in [0.29, 0.717) is 11.5 Å². The highest BCUT2D eigenvalue weighted by atomic mass is 15.1. The lowest BCUT2D eigenvalue weighted by Gasteiger charge is -2.14. The molecule has 1 aromatic rings. The molecule has 1 aliphatic rings. The molecule has 5 nitrogen and oxygen atoms in total. The monoisotopic (exact) mass is 229 g/mol. The van der Waals surface area contributed by atoms with Crippen LogP contribution in [0.3, 0.4) is 0 Å². The van der Waals surface area contributed by atoms with Gasteiger partial charge in [0.15, 0.2) is 11.5 Å². The second kappa shape index (κ2) is 4.91. The van der Waals surface area contributed by atoms with Gasteiger partial charge in [0.2, 0.25) is 0 Å². The third-order valence-electron chi connectivity index (χ3n) is 2.63. The molecular weight excluding hydrogens is 214 g/mol. The Morgan fingerprint density at radius 2 is 1.88 bits per heavy atom. The maximum Gasteiger partial charge on any atom is 0.190 e. The number of rotatable bonds is 2. The van der Waals surface area contributed by atoms with Crippen LogP contribution in [0.25, 0.3) is 0 Å². The van der Waals surface area contributed by atoms with Crippen molar-refractivity contribution >= 4 is 12.2 Å². The normalized spacial score (nSPS) is 14.4. The lowest BCUT2D eigenvalue weighted by molar-refractivity contribution is 0.639. The van der Waals surface area contributed by atoms with Gasteiger partial charge in [-0.25, -0.2) is 15.0 Å². The summed E-state index contributed by atoms with van der Waals surface area (Å²) in [6.45, 7) is 0. The summed E-state index contributed by atoms with van der Waals surface area (Å²) < 4.78 is 0. The van der Waals surface area contributed by atoms with E-state index >= 15 is 0 Å². The van der Waals surface area contributed by atoms with Crippen molar-refractivity contribution in [2.45, 2.75) is 25.7 Å². The minimum atomic E-state index is 0.323. The number of aromatic nitrogens is 2. The Labute approximate surface area is 101 Å². The van der Waals surface area contributed by atoms with Crippen LogP contribution in [0.15, 0.2) is 4.99 Å². The summed E-state index contributed by atoms with van der Waals surface area (Å²) >= 11 is 0. The third kappa shape index (κ3) is 2.59. The molecule has 2 rings (SSSR count). The standard InChI is InChI=1S/C12H15N5/c1-17(2)8-14-12-11(7-13)15-9-5-3-4-6-10(9)16-12/h8H,3-6H2,1-2H3. The van der Waals surface area contributed by atoms with Crippen molar-refractivity contribution in [3.05, 3.63) is 17.1 Å². The van der Waals surface area contributed by atoms with E-state index in [1.807, 2.05) is 19.0 Å². The van der Waals surface area contributed by atoms with Crippen LogP contribution in [0.4, 0.5) is 5.82 Å². The van der Waals surface area contributed by atoms with Gasteiger partial charge >= 0.3 is 0 Å². The number of fused-ring (bicyclic) bond motifs is 1. The molecule has 1 aromatic heterocycles. The number of nitrogens with zero attached hydrogens (tertiary/aromatic N) is 5. The first-order valence-electron chi connectivity index (χ1n) is 5.71. The first-order chi connectivity index (χ1) is 8.20. The molecule has 0 radical (unpaired) electrons. The summed E-state index contributed by atoms with van der Waals surface area (Å²) in [5, 5.41) is 9.05. The summed E-state index contributed by atoms with van der Waals surface area (Å²) in [6, 6.07) is 2.06. The molecule has 0 bridgehead atoms. The van der Waals surface area contributed by atoms with Gasteiger partial charge in [-0.3, -0.25) is 0 Å². The zero-order valence-corrected chi connectivity index (χ0v) is 10.1. The molecule has 88 valence electrons. The van der Waals surface area contributed by atoms with Crippen LogP contribution in [0, 0.1) is 11.3 Å². The third-order valence-corrected chi connectivity index (χ3v) is 2.63. The van der Waals surface area contributed by atoms with E-state index in [-0.39, 0.29) is 0 Å². The summed E-state index contributed by atoms with van der Waals surface area (Å²) in [5.41, 5.74) is 2.29. The number of nitriles is 1. The zero-order chi connectivity index (χ0) is 12.3. The number of aliphatic imine (C=N–C) groups is 1. The molecule has 1 aliphatic carbocycles. The maximum atomic E-state index is 9.05. The molecule has 1 heterocycles. The highest BCUT2D eigenvalue weighted by Gasteiger charge is 2.16. The molecule has 17 heavy (non-hydrogen) atoms. The molecule has 0 N–H and O–H groups in total. The summed E-state index contributed by atoms with van der Waals surface area (Å²) in [4.78, 5) is 14.8. The van der Waals surface area contributed by atoms with E-state index in [9.17, 15) is 0 Å². The Morgan fingerprint density at radius 1 is 1.24 bits per heavy atom. The van der Waals surface area contributed by atoms with E-state index in [1.54, 1.807) is 6.34 Å². The van der Waals surface area contributed by atoms with Crippen molar-refractivity contribution in [2.75, 3.05) is 14.1 Å². The van der Waals surface area contributed by atoms with Gasteiger partial charge in [-0.05, 0) is 25.7 Å². The lowest BCUT2D eigenvalue weighted by atomic mass is 10.0. The topological polar surface area (TPSA) is 65.2 Å². The average molecular weight is 229 g/mol. The van der Waals surface area contributed by atoms with Crippen molar-refractivity contribution in [1.82, 2.24) is 14.9 Å². The first kappa shape index (κ1) is 11.5. The van der Waals surface area contributed by atoms with Crippen LogP contribution < -0.4 is 0 Å². The largest absolute Gasteiger partial charge is 0.369 e. The molecule has 0 fully saturated rings. The smallest absolute Gasteiger partial charge is 0.190 e. The average Bonchev–Trinajstić information content (AvgIpc) is 2.35. The highest BCUT2D eigenvalue weighted by molar-refractivity contribution is 5.61. The molecule has 0 aliphatic heterocycles. The van der Waals surface area contributed by atoms with Gasteiger partial charge in [-0.2, -0.15) is 5.26 Å². The molecule has 0 amide bonds. The summed E-state index contributed by atoms with van der Waals surface area (Å²) in [6.07, 6.45) is 5.78. The van der Waals surface area contributed by atoms with Crippen LogP contribution >= 0.6 is 0 Å². The fourth-order valence-electron chi connectivity index (χ4n) is 1.82. The second-order valence-corrected chi connectivity index (χ2v) is 4.32. The van der Waals surface area contributed by atoms with Crippen LogP contribution in [0.1, 0.15) is 29.9 Å². The van der Waals surface area contributed by atoms with Crippen LogP contribution in [0.2, 0.25) is 0 Å². The second-order valence-electron chi connectivity index (χ2n) is 4.32. The maximum absolute atomic E-state index is 9.05. The van der Waals surface area contributed by atoms with Crippen molar-refractivity contribution in [3.63, 3.8) is 0 Å². The molecule has 0 unspecified atom stereocenters. The highest BCUT2D eigenvalue weighted by Crippen LogP contribution is 2.22. The van der Waals surface area contributed by atoms with E-state index in [4.69, 9.17) is 5.26 Å². The molecule has 5 heteroatoms. The fraction of sp³-hybridized carbons (Fsp3) is 0.500.